The van der Waals surface area contributed by atoms with Gasteiger partial charge in [0.1, 0.15) is 6.10 Å². The fraction of sp³-hybridized carbons (Fsp3) is 0.667. The molecule has 2 atom stereocenters. The Morgan fingerprint density at radius 2 is 2.20 bits per heavy atom. The number of rotatable bonds is 3. The van der Waals surface area contributed by atoms with E-state index < -0.39 is 17.0 Å². The van der Waals surface area contributed by atoms with Crippen LogP contribution in [0.4, 0.5) is 0 Å². The van der Waals surface area contributed by atoms with Crippen LogP contribution >= 0.6 is 0 Å². The molecule has 5 heteroatoms. The highest BCUT2D eigenvalue weighted by atomic mass is 16.6. The molecule has 1 saturated heterocycles. The second-order valence-corrected chi connectivity index (χ2v) is 6.39. The molecule has 2 rings (SSSR count). The van der Waals surface area contributed by atoms with Gasteiger partial charge in [-0.3, -0.25) is 0 Å². The van der Waals surface area contributed by atoms with E-state index in [2.05, 4.69) is 0 Å². The second kappa shape index (κ2) is 5.22. The summed E-state index contributed by atoms with van der Waals surface area (Å²) in [6.45, 7) is 7.92. The zero-order valence-electron chi connectivity index (χ0n) is 12.5. The first-order valence-electron chi connectivity index (χ1n) is 7.02. The average molecular weight is 281 g/mol. The van der Waals surface area contributed by atoms with E-state index in [1.807, 2.05) is 27.7 Å². The van der Waals surface area contributed by atoms with Crippen LogP contribution in [0.1, 0.15) is 57.5 Å². The van der Waals surface area contributed by atoms with Gasteiger partial charge < -0.3 is 14.4 Å². The number of carbonyl (C=O) groups is 1. The molecule has 1 N–H and O–H groups in total. The second-order valence-electron chi connectivity index (χ2n) is 6.39. The van der Waals surface area contributed by atoms with Gasteiger partial charge in [0.25, 0.3) is 0 Å². The Morgan fingerprint density at radius 3 is 2.75 bits per heavy atom. The van der Waals surface area contributed by atoms with Gasteiger partial charge in [0.05, 0.1) is 6.26 Å². The molecule has 0 saturated carbocycles. The molecule has 1 aliphatic heterocycles. The smallest absolute Gasteiger partial charge is 0.374 e. The highest BCUT2D eigenvalue weighted by Crippen LogP contribution is 2.40. The summed E-state index contributed by atoms with van der Waals surface area (Å²) in [5.74, 6) is -0.229. The first-order chi connectivity index (χ1) is 9.28. The monoisotopic (exact) mass is 281 g/mol. The van der Waals surface area contributed by atoms with Crippen LogP contribution in [-0.4, -0.2) is 33.4 Å². The molecule has 1 fully saturated rings. The largest absolute Gasteiger partial charge is 0.457 e. The number of piperidine rings is 1. The summed E-state index contributed by atoms with van der Waals surface area (Å²) in [7, 11) is 0. The van der Waals surface area contributed by atoms with E-state index in [0.717, 1.165) is 6.42 Å². The molecule has 1 aromatic rings. The quantitative estimate of drug-likeness (QED) is 0.862. The number of ether oxygens (including phenoxy) is 1. The molecule has 0 bridgehead atoms. The van der Waals surface area contributed by atoms with Crippen LogP contribution in [0.25, 0.3) is 0 Å². The average Bonchev–Trinajstić information content (AvgIpc) is 2.89. The summed E-state index contributed by atoms with van der Waals surface area (Å²) in [5, 5.41) is 11.8. The fourth-order valence-corrected chi connectivity index (χ4v) is 3.01. The van der Waals surface area contributed by atoms with Crippen molar-refractivity contribution < 1.29 is 19.2 Å². The normalized spacial score (nSPS) is 30.1. The summed E-state index contributed by atoms with van der Waals surface area (Å²) < 4.78 is 10.6. The van der Waals surface area contributed by atoms with Crippen LogP contribution in [0.2, 0.25) is 0 Å². The Labute approximate surface area is 119 Å². The summed E-state index contributed by atoms with van der Waals surface area (Å²) >= 11 is 0. The van der Waals surface area contributed by atoms with Gasteiger partial charge in [-0.2, -0.15) is 5.06 Å². The number of nitrogens with zero attached hydrogens (tertiary/aromatic N) is 1. The van der Waals surface area contributed by atoms with E-state index >= 15 is 0 Å². The van der Waals surface area contributed by atoms with Crippen molar-refractivity contribution in [1.82, 2.24) is 5.06 Å². The van der Waals surface area contributed by atoms with Crippen molar-refractivity contribution in [3.63, 3.8) is 0 Å². The minimum Gasteiger partial charge on any atom is -0.457 e. The van der Waals surface area contributed by atoms with Gasteiger partial charge in [-0.25, -0.2) is 4.79 Å². The van der Waals surface area contributed by atoms with E-state index in [1.54, 1.807) is 12.1 Å². The van der Waals surface area contributed by atoms with E-state index in [9.17, 15) is 10.0 Å². The van der Waals surface area contributed by atoms with Gasteiger partial charge in [0.2, 0.25) is 5.76 Å². The molecule has 0 aliphatic carbocycles. The number of esters is 1. The van der Waals surface area contributed by atoms with Crippen molar-refractivity contribution in [2.75, 3.05) is 0 Å². The van der Waals surface area contributed by atoms with Gasteiger partial charge in [-0.05, 0) is 39.3 Å². The van der Waals surface area contributed by atoms with Gasteiger partial charge in [0.15, 0.2) is 0 Å². The molecular formula is C15H23NO4. The first kappa shape index (κ1) is 15.1. The third kappa shape index (κ3) is 2.74. The van der Waals surface area contributed by atoms with E-state index in [4.69, 9.17) is 9.15 Å². The third-order valence-electron chi connectivity index (χ3n) is 4.24. The van der Waals surface area contributed by atoms with Crippen LogP contribution < -0.4 is 0 Å². The molecule has 2 unspecified atom stereocenters. The lowest BCUT2D eigenvalue weighted by atomic mass is 9.78. The minimum atomic E-state index is -0.444. The summed E-state index contributed by atoms with van der Waals surface area (Å²) in [5.41, 5.74) is -0.826. The Bertz CT molecular complexity index is 468. The molecule has 0 amide bonds. The molecule has 112 valence electrons. The van der Waals surface area contributed by atoms with Crippen molar-refractivity contribution in [2.24, 2.45) is 0 Å². The maximum Gasteiger partial charge on any atom is 0.374 e. The van der Waals surface area contributed by atoms with Crippen LogP contribution in [0.3, 0.4) is 0 Å². The maximum absolute atomic E-state index is 12.0. The van der Waals surface area contributed by atoms with Crippen LogP contribution in [0, 0.1) is 0 Å². The molecule has 20 heavy (non-hydrogen) atoms. The fourth-order valence-electron chi connectivity index (χ4n) is 3.01. The molecule has 1 aliphatic rings. The SMILES string of the molecule is CCC1(C)CC(OC(=O)c2ccco2)CC(C)(C)N1O. The van der Waals surface area contributed by atoms with Crippen molar-refractivity contribution in [3.8, 4) is 0 Å². The maximum atomic E-state index is 12.0. The Balaban J connectivity index is 2.11. The van der Waals surface area contributed by atoms with Gasteiger partial charge in [-0.15, -0.1) is 0 Å². The summed E-state index contributed by atoms with van der Waals surface area (Å²) in [4.78, 5) is 12.0. The van der Waals surface area contributed by atoms with Crippen molar-refractivity contribution in [3.05, 3.63) is 24.2 Å². The Kier molecular flexibility index (Phi) is 3.93. The molecule has 1 aromatic heterocycles. The van der Waals surface area contributed by atoms with Crippen molar-refractivity contribution in [1.29, 1.82) is 0 Å². The number of carbonyl (C=O) groups excluding carboxylic acids is 1. The highest BCUT2D eigenvalue weighted by molar-refractivity contribution is 5.86. The molecule has 0 spiro atoms. The van der Waals surface area contributed by atoms with E-state index in [-0.39, 0.29) is 11.9 Å². The minimum absolute atomic E-state index is 0.215. The predicted molar refractivity (Wildman–Crippen MR) is 73.5 cm³/mol. The van der Waals surface area contributed by atoms with Crippen LogP contribution in [0.15, 0.2) is 22.8 Å². The van der Waals surface area contributed by atoms with E-state index in [0.29, 0.717) is 12.8 Å². The third-order valence-corrected chi connectivity index (χ3v) is 4.24. The van der Waals surface area contributed by atoms with E-state index in [1.165, 1.54) is 11.3 Å². The number of hydroxylamine groups is 2. The van der Waals surface area contributed by atoms with Crippen LogP contribution in [-0.2, 0) is 4.74 Å². The standard InChI is InChI=1S/C15H23NO4/c1-5-15(4)10-11(9-14(2,3)16(15)18)20-13(17)12-7-6-8-19-12/h6-8,11,18H,5,9-10H2,1-4H3. The van der Waals surface area contributed by atoms with Gasteiger partial charge >= 0.3 is 5.97 Å². The lowest BCUT2D eigenvalue weighted by Crippen LogP contribution is -2.61. The molecule has 2 heterocycles. The summed E-state index contributed by atoms with van der Waals surface area (Å²) in [6, 6.07) is 3.25. The van der Waals surface area contributed by atoms with Gasteiger partial charge in [0, 0.05) is 23.9 Å². The number of furan rings is 1. The predicted octanol–water partition coefficient (Wildman–Crippen LogP) is 3.24. The van der Waals surface area contributed by atoms with Gasteiger partial charge in [-0.1, -0.05) is 6.92 Å². The zero-order chi connectivity index (χ0) is 15.0. The summed E-state index contributed by atoms with van der Waals surface area (Å²) in [6.07, 6.45) is 3.20. The lowest BCUT2D eigenvalue weighted by Gasteiger charge is -2.52. The topological polar surface area (TPSA) is 62.9 Å². The molecular weight excluding hydrogens is 258 g/mol. The Morgan fingerprint density at radius 1 is 1.50 bits per heavy atom. The lowest BCUT2D eigenvalue weighted by molar-refractivity contribution is -0.263. The first-order valence-corrected chi connectivity index (χ1v) is 7.02. The Hall–Kier alpha value is -1.33. The van der Waals surface area contributed by atoms with Crippen molar-refractivity contribution in [2.45, 2.75) is 64.1 Å². The van der Waals surface area contributed by atoms with Crippen molar-refractivity contribution >= 4 is 5.97 Å². The molecule has 5 nitrogen and oxygen atoms in total. The molecule has 0 aromatic carbocycles. The van der Waals surface area contributed by atoms with Crippen LogP contribution in [0.5, 0.6) is 0 Å². The number of hydrogen-bond donors (Lipinski definition) is 1. The number of hydrogen-bond acceptors (Lipinski definition) is 5. The highest BCUT2D eigenvalue weighted by Gasteiger charge is 2.48. The zero-order valence-corrected chi connectivity index (χ0v) is 12.5. The molecule has 0 radical (unpaired) electrons.